The molecule has 25 heavy (non-hydrogen) atoms. The highest BCUT2D eigenvalue weighted by Crippen LogP contribution is 2.37. The van der Waals surface area contributed by atoms with Gasteiger partial charge in [-0.25, -0.2) is 0 Å². The van der Waals surface area contributed by atoms with E-state index in [1.54, 1.807) is 33.5 Å². The van der Waals surface area contributed by atoms with E-state index < -0.39 is 0 Å². The van der Waals surface area contributed by atoms with Crippen molar-refractivity contribution in [2.45, 2.75) is 6.61 Å². The predicted octanol–water partition coefficient (Wildman–Crippen LogP) is 3.53. The van der Waals surface area contributed by atoms with Gasteiger partial charge >= 0.3 is 0 Å². The molecule has 6 nitrogen and oxygen atoms in total. The number of aliphatic hydroxyl groups is 1. The van der Waals surface area contributed by atoms with Crippen LogP contribution in [0.3, 0.4) is 0 Å². The van der Waals surface area contributed by atoms with E-state index in [1.165, 1.54) is 0 Å². The normalized spacial score (nSPS) is 10.6. The average Bonchev–Trinajstić information content (AvgIpc) is 3.11. The van der Waals surface area contributed by atoms with Gasteiger partial charge in [-0.15, -0.1) is 0 Å². The van der Waals surface area contributed by atoms with Crippen molar-refractivity contribution < 1.29 is 23.8 Å². The van der Waals surface area contributed by atoms with Gasteiger partial charge in [-0.2, -0.15) is 0 Å². The van der Waals surface area contributed by atoms with Crippen LogP contribution in [0.5, 0.6) is 17.2 Å². The molecule has 0 amide bonds. The molecular formula is C19H19NO5. The zero-order valence-corrected chi connectivity index (χ0v) is 14.3. The molecular weight excluding hydrogens is 322 g/mol. The minimum absolute atomic E-state index is 0.209. The Morgan fingerprint density at radius 1 is 0.920 bits per heavy atom. The van der Waals surface area contributed by atoms with Crippen LogP contribution >= 0.6 is 0 Å². The summed E-state index contributed by atoms with van der Waals surface area (Å²) in [5.74, 6) is 2.40. The zero-order chi connectivity index (χ0) is 17.8. The fourth-order valence-corrected chi connectivity index (χ4v) is 2.66. The van der Waals surface area contributed by atoms with Crippen molar-refractivity contribution in [3.63, 3.8) is 0 Å². The van der Waals surface area contributed by atoms with E-state index >= 15 is 0 Å². The van der Waals surface area contributed by atoms with Crippen LogP contribution in [0.25, 0.3) is 22.6 Å². The van der Waals surface area contributed by atoms with Crippen molar-refractivity contribution in [3.05, 3.63) is 48.0 Å². The third-order valence-corrected chi connectivity index (χ3v) is 3.94. The smallest absolute Gasteiger partial charge is 0.173 e. The number of rotatable bonds is 6. The molecule has 0 unspecified atom stereocenters. The molecule has 3 aromatic rings. The largest absolute Gasteiger partial charge is 0.497 e. The Balaban J connectivity index is 2.08. The number of aromatic nitrogens is 1. The minimum Gasteiger partial charge on any atom is -0.497 e. The first-order chi connectivity index (χ1) is 12.2. The molecule has 1 N–H and O–H groups in total. The van der Waals surface area contributed by atoms with E-state index in [1.807, 2.05) is 30.3 Å². The summed E-state index contributed by atoms with van der Waals surface area (Å²) in [6.45, 7) is -0.209. The van der Waals surface area contributed by atoms with Crippen LogP contribution < -0.4 is 14.2 Å². The summed E-state index contributed by atoms with van der Waals surface area (Å²) in [6, 6.07) is 12.8. The van der Waals surface area contributed by atoms with Crippen molar-refractivity contribution in [2.75, 3.05) is 21.3 Å². The quantitative estimate of drug-likeness (QED) is 0.739. The van der Waals surface area contributed by atoms with Gasteiger partial charge in [-0.3, -0.25) is 0 Å². The number of benzene rings is 2. The van der Waals surface area contributed by atoms with E-state index in [0.29, 0.717) is 34.3 Å². The van der Waals surface area contributed by atoms with Gasteiger partial charge in [0.05, 0.1) is 33.5 Å². The lowest BCUT2D eigenvalue weighted by molar-refractivity contribution is 0.281. The van der Waals surface area contributed by atoms with Crippen molar-refractivity contribution in [1.82, 2.24) is 5.16 Å². The molecule has 3 rings (SSSR count). The average molecular weight is 341 g/mol. The van der Waals surface area contributed by atoms with E-state index in [0.717, 1.165) is 11.1 Å². The second kappa shape index (κ2) is 7.27. The molecule has 0 aliphatic heterocycles. The summed E-state index contributed by atoms with van der Waals surface area (Å²) in [5, 5.41) is 14.0. The lowest BCUT2D eigenvalue weighted by Gasteiger charge is -2.09. The number of hydrogen-bond acceptors (Lipinski definition) is 6. The van der Waals surface area contributed by atoms with Crippen molar-refractivity contribution in [1.29, 1.82) is 0 Å². The molecule has 0 saturated heterocycles. The number of nitrogens with zero attached hydrogens (tertiary/aromatic N) is 1. The third kappa shape index (κ3) is 3.16. The Morgan fingerprint density at radius 3 is 2.40 bits per heavy atom. The molecule has 0 fully saturated rings. The number of ether oxygens (including phenoxy) is 3. The molecule has 0 aliphatic carbocycles. The predicted molar refractivity (Wildman–Crippen MR) is 93.0 cm³/mol. The van der Waals surface area contributed by atoms with Crippen molar-refractivity contribution >= 4 is 0 Å². The summed E-state index contributed by atoms with van der Waals surface area (Å²) in [6.07, 6.45) is 0. The maximum absolute atomic E-state index is 9.88. The molecule has 1 aromatic heterocycles. The summed E-state index contributed by atoms with van der Waals surface area (Å²) in [5.41, 5.74) is 2.70. The molecule has 0 atom stereocenters. The highest BCUT2D eigenvalue weighted by molar-refractivity contribution is 5.74. The van der Waals surface area contributed by atoms with Gasteiger partial charge in [0, 0.05) is 11.1 Å². The SMILES string of the molecule is COc1cccc(-c2onc(-c3ccc(OC)c(OC)c3)c2CO)c1. The first-order valence-electron chi connectivity index (χ1n) is 7.68. The lowest BCUT2D eigenvalue weighted by atomic mass is 10.0. The van der Waals surface area contributed by atoms with Gasteiger partial charge in [-0.05, 0) is 30.3 Å². The number of hydrogen-bond donors (Lipinski definition) is 1. The Morgan fingerprint density at radius 2 is 1.72 bits per heavy atom. The monoisotopic (exact) mass is 341 g/mol. The van der Waals surface area contributed by atoms with Crippen molar-refractivity contribution in [2.24, 2.45) is 0 Å². The van der Waals surface area contributed by atoms with E-state index in [2.05, 4.69) is 5.16 Å². The summed E-state index contributed by atoms with van der Waals surface area (Å²) in [4.78, 5) is 0. The van der Waals surface area contributed by atoms with Gasteiger partial charge in [-0.1, -0.05) is 17.3 Å². The second-order valence-electron chi connectivity index (χ2n) is 5.30. The standard InChI is InChI=1S/C19H19NO5/c1-22-14-6-4-5-13(9-14)19-15(11-21)18(20-25-19)12-7-8-16(23-2)17(10-12)24-3/h4-10,21H,11H2,1-3H3. The zero-order valence-electron chi connectivity index (χ0n) is 14.3. The third-order valence-electron chi connectivity index (χ3n) is 3.94. The van der Waals surface area contributed by atoms with Gasteiger partial charge < -0.3 is 23.8 Å². The molecule has 2 aromatic carbocycles. The van der Waals surface area contributed by atoms with Crippen LogP contribution in [0.15, 0.2) is 47.0 Å². The maximum atomic E-state index is 9.88. The molecule has 130 valence electrons. The summed E-state index contributed by atoms with van der Waals surface area (Å²) >= 11 is 0. The Bertz CT molecular complexity index is 872. The molecule has 0 spiro atoms. The van der Waals surface area contributed by atoms with Crippen molar-refractivity contribution in [3.8, 4) is 39.8 Å². The molecule has 0 aliphatic rings. The van der Waals surface area contributed by atoms with Crippen LogP contribution in [0.4, 0.5) is 0 Å². The fraction of sp³-hybridized carbons (Fsp3) is 0.211. The van der Waals surface area contributed by atoms with E-state index in [9.17, 15) is 5.11 Å². The lowest BCUT2D eigenvalue weighted by Crippen LogP contribution is -1.93. The molecule has 0 bridgehead atoms. The maximum Gasteiger partial charge on any atom is 0.173 e. The first kappa shape index (κ1) is 16.9. The van der Waals surface area contributed by atoms with Crippen LogP contribution in [-0.4, -0.2) is 31.6 Å². The van der Waals surface area contributed by atoms with E-state index in [4.69, 9.17) is 18.7 Å². The number of aliphatic hydroxyl groups excluding tert-OH is 1. The summed E-state index contributed by atoms with van der Waals surface area (Å²) < 4.78 is 21.3. The van der Waals surface area contributed by atoms with Gasteiger partial charge in [0.25, 0.3) is 0 Å². The van der Waals surface area contributed by atoms with Crippen LogP contribution in [0.1, 0.15) is 5.56 Å². The number of methoxy groups -OCH3 is 3. The molecule has 6 heteroatoms. The topological polar surface area (TPSA) is 74.0 Å². The van der Waals surface area contributed by atoms with Gasteiger partial charge in [0.1, 0.15) is 11.4 Å². The molecule has 0 saturated carbocycles. The summed E-state index contributed by atoms with van der Waals surface area (Å²) in [7, 11) is 4.74. The van der Waals surface area contributed by atoms with Gasteiger partial charge in [0.15, 0.2) is 17.3 Å². The van der Waals surface area contributed by atoms with Crippen LogP contribution in [-0.2, 0) is 6.61 Å². The first-order valence-corrected chi connectivity index (χ1v) is 7.68. The molecule has 0 radical (unpaired) electrons. The van der Waals surface area contributed by atoms with Crippen LogP contribution in [0, 0.1) is 0 Å². The highest BCUT2D eigenvalue weighted by atomic mass is 16.5. The van der Waals surface area contributed by atoms with Crippen LogP contribution in [0.2, 0.25) is 0 Å². The second-order valence-corrected chi connectivity index (χ2v) is 5.30. The Kier molecular flexibility index (Phi) is 4.90. The van der Waals surface area contributed by atoms with E-state index in [-0.39, 0.29) is 6.61 Å². The highest BCUT2D eigenvalue weighted by Gasteiger charge is 2.20. The minimum atomic E-state index is -0.209. The Hall–Kier alpha value is -2.99. The molecule has 1 heterocycles. The van der Waals surface area contributed by atoms with Gasteiger partial charge in [0.2, 0.25) is 0 Å². The fourth-order valence-electron chi connectivity index (χ4n) is 2.66. The Labute approximate surface area is 145 Å².